The standard InChI is InChI=1S/C10H8ClNO5/c1-4(13)5-2-6(11)8(12-3-5)7(9(14)15)10(16)17/h2-3,7H,1H3,(H,14,15)(H,16,17). The van der Waals surface area contributed by atoms with Crippen LogP contribution < -0.4 is 0 Å². The van der Waals surface area contributed by atoms with Gasteiger partial charge in [-0.05, 0) is 13.0 Å². The quantitative estimate of drug-likeness (QED) is 0.620. The summed E-state index contributed by atoms with van der Waals surface area (Å²) in [6.45, 7) is 1.29. The van der Waals surface area contributed by atoms with Crippen molar-refractivity contribution in [3.63, 3.8) is 0 Å². The Bertz CT molecular complexity index is 485. The third-order valence-corrected chi connectivity index (χ3v) is 2.35. The Morgan fingerprint density at radius 3 is 2.18 bits per heavy atom. The summed E-state index contributed by atoms with van der Waals surface area (Å²) in [5, 5.41) is 17.3. The first-order valence-electron chi connectivity index (χ1n) is 4.46. The van der Waals surface area contributed by atoms with Crippen LogP contribution in [0.4, 0.5) is 0 Å². The maximum absolute atomic E-state index is 11.0. The molecular formula is C10H8ClNO5. The van der Waals surface area contributed by atoms with Gasteiger partial charge in [-0.25, -0.2) is 0 Å². The lowest BCUT2D eigenvalue weighted by atomic mass is 10.0. The second kappa shape index (κ2) is 4.92. The number of halogens is 1. The number of aliphatic carboxylic acids is 2. The highest BCUT2D eigenvalue weighted by atomic mass is 35.5. The molecule has 0 aliphatic carbocycles. The summed E-state index contributed by atoms with van der Waals surface area (Å²) in [5.74, 6) is -5.28. The fourth-order valence-electron chi connectivity index (χ4n) is 1.19. The van der Waals surface area contributed by atoms with Crippen molar-refractivity contribution < 1.29 is 24.6 Å². The number of pyridine rings is 1. The molecule has 0 aromatic carbocycles. The molecule has 1 aromatic heterocycles. The molecule has 0 aliphatic heterocycles. The molecule has 6 nitrogen and oxygen atoms in total. The van der Waals surface area contributed by atoms with Gasteiger partial charge in [0.15, 0.2) is 11.7 Å². The summed E-state index contributed by atoms with van der Waals surface area (Å²) in [6.07, 6.45) is 1.10. The molecule has 0 amide bonds. The molecule has 0 bridgehead atoms. The smallest absolute Gasteiger partial charge is 0.324 e. The number of hydrogen-bond acceptors (Lipinski definition) is 4. The SMILES string of the molecule is CC(=O)c1cnc(C(C(=O)O)C(=O)O)c(Cl)c1. The van der Waals surface area contributed by atoms with Crippen LogP contribution in [0.5, 0.6) is 0 Å². The van der Waals surface area contributed by atoms with Gasteiger partial charge >= 0.3 is 11.9 Å². The van der Waals surface area contributed by atoms with Gasteiger partial charge in [-0.3, -0.25) is 19.4 Å². The number of carbonyl (C=O) groups excluding carboxylic acids is 1. The van der Waals surface area contributed by atoms with E-state index in [9.17, 15) is 14.4 Å². The molecule has 7 heteroatoms. The third-order valence-electron chi connectivity index (χ3n) is 2.04. The van der Waals surface area contributed by atoms with Gasteiger partial charge < -0.3 is 10.2 Å². The van der Waals surface area contributed by atoms with Crippen molar-refractivity contribution >= 4 is 29.3 Å². The van der Waals surface area contributed by atoms with Crippen LogP contribution >= 0.6 is 11.6 Å². The summed E-state index contributed by atoms with van der Waals surface area (Å²) in [4.78, 5) is 36.2. The molecule has 1 heterocycles. The zero-order chi connectivity index (χ0) is 13.2. The number of nitrogens with zero attached hydrogens (tertiary/aromatic N) is 1. The van der Waals surface area contributed by atoms with E-state index in [1.165, 1.54) is 13.0 Å². The average molecular weight is 258 g/mol. The number of hydrogen-bond donors (Lipinski definition) is 2. The van der Waals surface area contributed by atoms with E-state index in [0.29, 0.717) is 0 Å². The molecule has 0 fully saturated rings. The van der Waals surface area contributed by atoms with Gasteiger partial charge in [0.1, 0.15) is 0 Å². The van der Waals surface area contributed by atoms with Crippen molar-refractivity contribution in [1.29, 1.82) is 0 Å². The van der Waals surface area contributed by atoms with Crippen LogP contribution in [0.25, 0.3) is 0 Å². The summed E-state index contributed by atoms with van der Waals surface area (Å²) in [7, 11) is 0. The van der Waals surface area contributed by atoms with E-state index in [1.54, 1.807) is 0 Å². The van der Waals surface area contributed by atoms with Crippen molar-refractivity contribution in [2.75, 3.05) is 0 Å². The van der Waals surface area contributed by atoms with Crippen molar-refractivity contribution in [1.82, 2.24) is 4.98 Å². The first kappa shape index (κ1) is 13.1. The molecule has 1 rings (SSSR count). The Labute approximate surface area is 101 Å². The topological polar surface area (TPSA) is 105 Å². The van der Waals surface area contributed by atoms with Crippen LogP contribution in [-0.2, 0) is 9.59 Å². The highest BCUT2D eigenvalue weighted by molar-refractivity contribution is 6.32. The Morgan fingerprint density at radius 1 is 1.29 bits per heavy atom. The summed E-state index contributed by atoms with van der Waals surface area (Å²) in [6, 6.07) is 1.20. The summed E-state index contributed by atoms with van der Waals surface area (Å²) in [5.41, 5.74) is -0.107. The number of ketones is 1. The molecule has 1 aromatic rings. The summed E-state index contributed by atoms with van der Waals surface area (Å²) < 4.78 is 0. The molecule has 0 radical (unpaired) electrons. The molecule has 0 unspecified atom stereocenters. The Kier molecular flexibility index (Phi) is 3.80. The molecule has 90 valence electrons. The molecule has 17 heavy (non-hydrogen) atoms. The number of aromatic nitrogens is 1. The monoisotopic (exact) mass is 257 g/mol. The van der Waals surface area contributed by atoms with Crippen LogP contribution in [-0.4, -0.2) is 32.9 Å². The maximum atomic E-state index is 11.0. The van der Waals surface area contributed by atoms with E-state index in [-0.39, 0.29) is 22.1 Å². The highest BCUT2D eigenvalue weighted by Gasteiger charge is 2.31. The van der Waals surface area contributed by atoms with Gasteiger partial charge in [0, 0.05) is 11.8 Å². The second-order valence-electron chi connectivity index (χ2n) is 3.26. The Morgan fingerprint density at radius 2 is 1.82 bits per heavy atom. The molecule has 0 spiro atoms. The van der Waals surface area contributed by atoms with Crippen molar-refractivity contribution in [3.8, 4) is 0 Å². The van der Waals surface area contributed by atoms with Crippen molar-refractivity contribution in [2.45, 2.75) is 12.8 Å². The molecule has 0 atom stereocenters. The maximum Gasteiger partial charge on any atom is 0.324 e. The Balaban J connectivity index is 3.27. The zero-order valence-corrected chi connectivity index (χ0v) is 9.43. The largest absolute Gasteiger partial charge is 0.480 e. The third kappa shape index (κ3) is 2.79. The molecular weight excluding hydrogens is 250 g/mol. The van der Waals surface area contributed by atoms with E-state index in [4.69, 9.17) is 21.8 Å². The van der Waals surface area contributed by atoms with Crippen molar-refractivity contribution in [2.24, 2.45) is 0 Å². The lowest BCUT2D eigenvalue weighted by Crippen LogP contribution is -2.22. The van der Waals surface area contributed by atoms with E-state index < -0.39 is 17.9 Å². The number of Topliss-reactive ketones (excluding diaryl/α,β-unsaturated/α-hetero) is 1. The van der Waals surface area contributed by atoms with Crippen molar-refractivity contribution in [3.05, 3.63) is 28.5 Å². The normalized spacial score (nSPS) is 10.3. The fourth-order valence-corrected chi connectivity index (χ4v) is 1.47. The van der Waals surface area contributed by atoms with Crippen LogP contribution in [0, 0.1) is 0 Å². The second-order valence-corrected chi connectivity index (χ2v) is 3.66. The zero-order valence-electron chi connectivity index (χ0n) is 8.68. The molecule has 2 N–H and O–H groups in total. The van der Waals surface area contributed by atoms with E-state index in [0.717, 1.165) is 6.20 Å². The van der Waals surface area contributed by atoms with Gasteiger partial charge in [0.25, 0.3) is 0 Å². The minimum absolute atomic E-state index is 0.160. The summed E-state index contributed by atoms with van der Waals surface area (Å²) >= 11 is 5.71. The minimum Gasteiger partial charge on any atom is -0.480 e. The van der Waals surface area contributed by atoms with E-state index in [1.807, 2.05) is 0 Å². The van der Waals surface area contributed by atoms with Gasteiger partial charge in [-0.1, -0.05) is 11.6 Å². The number of carbonyl (C=O) groups is 3. The van der Waals surface area contributed by atoms with Gasteiger partial charge in [0.2, 0.25) is 0 Å². The lowest BCUT2D eigenvalue weighted by Gasteiger charge is -2.09. The first-order valence-corrected chi connectivity index (χ1v) is 4.84. The highest BCUT2D eigenvalue weighted by Crippen LogP contribution is 2.24. The van der Waals surface area contributed by atoms with Gasteiger partial charge in [-0.15, -0.1) is 0 Å². The van der Waals surface area contributed by atoms with Crippen LogP contribution in [0.15, 0.2) is 12.3 Å². The van der Waals surface area contributed by atoms with E-state index >= 15 is 0 Å². The average Bonchev–Trinajstić information content (AvgIpc) is 2.19. The molecule has 0 aliphatic rings. The van der Waals surface area contributed by atoms with E-state index in [2.05, 4.69) is 4.98 Å². The predicted octanol–water partition coefficient (Wildman–Crippen LogP) is 1.19. The molecule has 0 saturated heterocycles. The fraction of sp³-hybridized carbons (Fsp3) is 0.200. The Hall–Kier alpha value is -1.95. The van der Waals surface area contributed by atoms with Crippen LogP contribution in [0.2, 0.25) is 5.02 Å². The van der Waals surface area contributed by atoms with Crippen LogP contribution in [0.3, 0.4) is 0 Å². The van der Waals surface area contributed by atoms with Gasteiger partial charge in [-0.2, -0.15) is 0 Å². The van der Waals surface area contributed by atoms with Gasteiger partial charge in [0.05, 0.1) is 10.7 Å². The minimum atomic E-state index is -1.84. The number of rotatable bonds is 4. The predicted molar refractivity (Wildman–Crippen MR) is 57.3 cm³/mol. The first-order chi connectivity index (χ1) is 7.84. The lowest BCUT2D eigenvalue weighted by molar-refractivity contribution is -0.150. The number of carboxylic acid groups (broad SMARTS) is 2. The molecule has 0 saturated carbocycles. The van der Waals surface area contributed by atoms with Crippen LogP contribution in [0.1, 0.15) is 28.9 Å². The number of carboxylic acids is 2.